The standard InChI is InChI=1S/C13H13.C6H10.3C2H6N.Ti/c1-3-7-12-10(5-1)9-11-6-2-4-8-13(11)12;1-4-6(3)5-2;3*1-3-2;/h1,3-5,7-9,11,13H,2,6H2;4-5H,1H2,2-3H3;3*1-2H3;/q-1;;3*-1;+4. The van der Waals surface area contributed by atoms with Crippen LogP contribution in [0.2, 0.25) is 0 Å². The summed E-state index contributed by atoms with van der Waals surface area (Å²) in [6.07, 6.45) is 13.6. The van der Waals surface area contributed by atoms with Crippen molar-refractivity contribution in [3.63, 3.8) is 0 Å². The summed E-state index contributed by atoms with van der Waals surface area (Å²) in [6.45, 7) is 7.58. The average Bonchev–Trinajstić information content (AvgIpc) is 3.08. The van der Waals surface area contributed by atoms with Crippen LogP contribution in [-0.2, 0) is 21.7 Å². The van der Waals surface area contributed by atoms with Gasteiger partial charge >= 0.3 is 21.7 Å². The van der Waals surface area contributed by atoms with Crippen LogP contribution < -0.4 is 0 Å². The van der Waals surface area contributed by atoms with Crippen molar-refractivity contribution in [2.24, 2.45) is 5.92 Å². The van der Waals surface area contributed by atoms with Gasteiger partial charge in [0.2, 0.25) is 0 Å². The zero-order valence-corrected chi connectivity index (χ0v) is 21.4. The molecule has 1 aromatic rings. The molecule has 0 radical (unpaired) electrons. The van der Waals surface area contributed by atoms with Crippen molar-refractivity contribution in [3.05, 3.63) is 94.2 Å². The molecule has 3 nitrogen and oxygen atoms in total. The number of benzene rings is 1. The van der Waals surface area contributed by atoms with E-state index in [-0.39, 0.29) is 21.7 Å². The van der Waals surface area contributed by atoms with E-state index in [1.165, 1.54) is 29.5 Å². The van der Waals surface area contributed by atoms with Crippen molar-refractivity contribution in [2.45, 2.75) is 32.6 Å². The van der Waals surface area contributed by atoms with Crippen LogP contribution in [0.4, 0.5) is 0 Å². The first kappa shape index (κ1) is 32.6. The molecule has 0 heterocycles. The molecular weight excluding hydrogens is 390 g/mol. The number of allylic oxidation sites excluding steroid dienone is 5. The van der Waals surface area contributed by atoms with E-state index in [0.717, 1.165) is 5.92 Å². The van der Waals surface area contributed by atoms with Crippen LogP contribution in [0, 0.1) is 12.3 Å². The second kappa shape index (κ2) is 23.2. The zero-order chi connectivity index (χ0) is 21.8. The molecule has 0 amide bonds. The molecule has 4 heteroatoms. The largest absolute Gasteiger partial charge is 4.00 e. The third-order valence-corrected chi connectivity index (χ3v) is 4.00. The molecule has 0 saturated heterocycles. The Balaban J connectivity index is -0.000000360. The quantitative estimate of drug-likeness (QED) is 0.194. The van der Waals surface area contributed by atoms with E-state index in [1.807, 2.05) is 26.0 Å². The SMILES string of the molecule is C1=CC2c3ccccc3[CH-]C2CC1.C=CC(C)=CC.C[N-]C.C[N-]C.C[N-]C.[Ti+4]. The summed E-state index contributed by atoms with van der Waals surface area (Å²) >= 11 is 0. The Labute approximate surface area is 196 Å². The van der Waals surface area contributed by atoms with Gasteiger partial charge in [0.05, 0.1) is 0 Å². The summed E-state index contributed by atoms with van der Waals surface area (Å²) in [7, 11) is 10.5. The molecule has 0 N–H and O–H groups in total. The Morgan fingerprint density at radius 2 is 1.55 bits per heavy atom. The van der Waals surface area contributed by atoms with Crippen LogP contribution >= 0.6 is 0 Å². The second-order valence-corrected chi connectivity index (χ2v) is 6.57. The monoisotopic (exact) mass is 431 g/mol. The Hall–Kier alpha value is -1.10. The van der Waals surface area contributed by atoms with E-state index in [0.29, 0.717) is 5.92 Å². The minimum atomic E-state index is 0. The van der Waals surface area contributed by atoms with Gasteiger partial charge in [-0.25, -0.2) is 0 Å². The van der Waals surface area contributed by atoms with Crippen molar-refractivity contribution in [1.29, 1.82) is 0 Å². The molecule has 0 aromatic heterocycles. The summed E-state index contributed by atoms with van der Waals surface area (Å²) in [4.78, 5) is 0. The zero-order valence-electron chi connectivity index (χ0n) is 19.8. The molecule has 1 aromatic carbocycles. The molecule has 0 bridgehead atoms. The van der Waals surface area contributed by atoms with Gasteiger partial charge in [-0.3, -0.25) is 0 Å². The Bertz CT molecular complexity index is 548. The van der Waals surface area contributed by atoms with E-state index in [9.17, 15) is 0 Å². The topological polar surface area (TPSA) is 42.3 Å². The maximum atomic E-state index is 3.56. The van der Waals surface area contributed by atoms with Crippen LogP contribution in [0.15, 0.2) is 60.7 Å². The van der Waals surface area contributed by atoms with Crippen molar-refractivity contribution in [2.75, 3.05) is 42.3 Å². The van der Waals surface area contributed by atoms with Gasteiger partial charge in [-0.15, -0.1) is 17.7 Å². The molecule has 2 unspecified atom stereocenters. The molecule has 29 heavy (non-hydrogen) atoms. The summed E-state index contributed by atoms with van der Waals surface area (Å²) in [5.41, 5.74) is 4.22. The summed E-state index contributed by atoms with van der Waals surface area (Å²) in [5, 5.41) is 10.5. The van der Waals surface area contributed by atoms with E-state index in [4.69, 9.17) is 0 Å². The number of fused-ring (bicyclic) bond motifs is 3. The van der Waals surface area contributed by atoms with Gasteiger partial charge in [-0.2, -0.15) is 60.3 Å². The minimum absolute atomic E-state index is 0. The Morgan fingerprint density at radius 3 is 2.00 bits per heavy atom. The van der Waals surface area contributed by atoms with Gasteiger partial charge < -0.3 is 16.0 Å². The Kier molecular flexibility index (Phi) is 26.0. The van der Waals surface area contributed by atoms with E-state index in [1.54, 1.807) is 42.3 Å². The number of hydrogen-bond acceptors (Lipinski definition) is 0. The average molecular weight is 431 g/mol. The van der Waals surface area contributed by atoms with Gasteiger partial charge in [-0.05, 0) is 26.2 Å². The predicted octanol–water partition coefficient (Wildman–Crippen LogP) is 7.30. The molecule has 0 saturated carbocycles. The molecule has 160 valence electrons. The smallest absolute Gasteiger partial charge is 0.668 e. The van der Waals surface area contributed by atoms with Crippen molar-refractivity contribution >= 4 is 0 Å². The fourth-order valence-corrected chi connectivity index (χ4v) is 2.69. The van der Waals surface area contributed by atoms with Crippen LogP contribution in [0.25, 0.3) is 16.0 Å². The third-order valence-electron chi connectivity index (χ3n) is 4.00. The van der Waals surface area contributed by atoms with E-state index >= 15 is 0 Å². The van der Waals surface area contributed by atoms with Crippen LogP contribution in [-0.4, -0.2) is 42.3 Å². The molecule has 3 rings (SSSR count). The van der Waals surface area contributed by atoms with E-state index in [2.05, 4.69) is 65.4 Å². The number of rotatable bonds is 1. The van der Waals surface area contributed by atoms with Crippen molar-refractivity contribution in [3.8, 4) is 0 Å². The molecule has 2 atom stereocenters. The van der Waals surface area contributed by atoms with Gasteiger partial charge in [0.15, 0.2) is 0 Å². The fraction of sp³-hybridized carbons (Fsp3) is 0.480. The van der Waals surface area contributed by atoms with Crippen LogP contribution in [0.3, 0.4) is 0 Å². The minimum Gasteiger partial charge on any atom is -0.668 e. The predicted molar refractivity (Wildman–Crippen MR) is 130 cm³/mol. The molecule has 2 aliphatic carbocycles. The van der Waals surface area contributed by atoms with E-state index < -0.39 is 0 Å². The van der Waals surface area contributed by atoms with Gasteiger partial charge in [0.1, 0.15) is 0 Å². The van der Waals surface area contributed by atoms with Gasteiger partial charge in [0.25, 0.3) is 0 Å². The first-order valence-corrected chi connectivity index (χ1v) is 9.80. The normalized spacial score (nSPS) is 17.3. The molecule has 0 fully saturated rings. The maximum Gasteiger partial charge on any atom is 4.00 e. The Morgan fingerprint density at radius 1 is 1.03 bits per heavy atom. The first-order chi connectivity index (χ1) is 13.5. The summed E-state index contributed by atoms with van der Waals surface area (Å²) in [6, 6.07) is 8.79. The number of nitrogens with zero attached hydrogens (tertiary/aromatic N) is 3. The summed E-state index contributed by atoms with van der Waals surface area (Å²) in [5.74, 6) is 1.47. The molecular formula is C25H41N3Ti. The second-order valence-electron chi connectivity index (χ2n) is 6.57. The van der Waals surface area contributed by atoms with Crippen molar-refractivity contribution in [1.82, 2.24) is 0 Å². The maximum absolute atomic E-state index is 3.56. The number of hydrogen-bond donors (Lipinski definition) is 0. The van der Waals surface area contributed by atoms with Gasteiger partial charge in [0, 0.05) is 0 Å². The van der Waals surface area contributed by atoms with Crippen LogP contribution in [0.5, 0.6) is 0 Å². The van der Waals surface area contributed by atoms with Gasteiger partial charge in [-0.1, -0.05) is 54.9 Å². The first-order valence-electron chi connectivity index (χ1n) is 9.80. The fourth-order valence-electron chi connectivity index (χ4n) is 2.69. The van der Waals surface area contributed by atoms with Crippen LogP contribution in [0.1, 0.15) is 43.7 Å². The molecule has 2 aliphatic rings. The summed E-state index contributed by atoms with van der Waals surface area (Å²) < 4.78 is 0. The third kappa shape index (κ3) is 15.4. The molecule has 0 spiro atoms. The van der Waals surface area contributed by atoms with Crippen molar-refractivity contribution < 1.29 is 21.7 Å². The molecule has 0 aliphatic heterocycles.